The molecule has 1 atom stereocenters. The van der Waals surface area contributed by atoms with Crippen LogP contribution in [0, 0.1) is 0 Å². The number of rotatable bonds is 2. The molecule has 0 aromatic heterocycles. The highest BCUT2D eigenvalue weighted by Gasteiger charge is 2.31. The normalized spacial score (nSPS) is 18.7. The van der Waals surface area contributed by atoms with E-state index in [0.29, 0.717) is 36.0 Å². The molecule has 2 heterocycles. The van der Waals surface area contributed by atoms with E-state index in [1.807, 2.05) is 48.3 Å². The second kappa shape index (κ2) is 5.63. The molecule has 0 spiro atoms. The summed E-state index contributed by atoms with van der Waals surface area (Å²) in [6.07, 6.45) is -0.308. The monoisotopic (exact) mass is 326 g/mol. The molecule has 4 rings (SSSR count). The summed E-state index contributed by atoms with van der Waals surface area (Å²) in [5, 5.41) is 3.03. The first-order valence-electron chi connectivity index (χ1n) is 7.79. The maximum atomic E-state index is 12.4. The number of anilines is 1. The molecule has 2 aliphatic heterocycles. The fraction of sp³-hybridized carbons (Fsp3) is 0.278. The highest BCUT2D eigenvalue weighted by atomic mass is 16.6. The van der Waals surface area contributed by atoms with E-state index < -0.39 is 0 Å². The molecular formula is C18H18N2O4. The van der Waals surface area contributed by atoms with Crippen LogP contribution in [-0.4, -0.2) is 33.3 Å². The van der Waals surface area contributed by atoms with Crippen LogP contribution < -0.4 is 24.4 Å². The Labute approximate surface area is 139 Å². The largest absolute Gasteiger partial charge is 0.493 e. The van der Waals surface area contributed by atoms with Crippen molar-refractivity contribution in [3.63, 3.8) is 0 Å². The molecule has 24 heavy (non-hydrogen) atoms. The Bertz CT molecular complexity index is 788. The smallest absolute Gasteiger partial charge is 0.255 e. The fourth-order valence-corrected chi connectivity index (χ4v) is 3.17. The number of nitrogens with zero attached hydrogens (tertiary/aromatic N) is 1. The molecule has 2 aliphatic rings. The zero-order chi connectivity index (χ0) is 16.7. The lowest BCUT2D eigenvalue weighted by Crippen LogP contribution is -2.44. The topological polar surface area (TPSA) is 60.0 Å². The Morgan fingerprint density at radius 2 is 2.00 bits per heavy atom. The molecule has 6 nitrogen and oxygen atoms in total. The summed E-state index contributed by atoms with van der Waals surface area (Å²) in [4.78, 5) is 14.5. The standard InChI is InChI=1S/C18H18N2O4/c1-20-13-6-4-3-5-12(13)18(21)19-17(20)11-9-14(22-2)16-15(10-11)23-7-8-24-16/h3-6,9-10,17H,7-8H2,1-2H3,(H,19,21)/t17-/m1/s1. The molecule has 0 bridgehead atoms. The first kappa shape index (κ1) is 14.7. The summed E-state index contributed by atoms with van der Waals surface area (Å²) in [6.45, 7) is 0.992. The Morgan fingerprint density at radius 3 is 2.83 bits per heavy atom. The van der Waals surface area contributed by atoms with Gasteiger partial charge < -0.3 is 24.4 Å². The number of hydrogen-bond acceptors (Lipinski definition) is 5. The lowest BCUT2D eigenvalue weighted by Gasteiger charge is -2.37. The number of nitrogens with one attached hydrogen (secondary N) is 1. The Hall–Kier alpha value is -2.89. The van der Waals surface area contributed by atoms with E-state index >= 15 is 0 Å². The maximum absolute atomic E-state index is 12.4. The van der Waals surface area contributed by atoms with Crippen molar-refractivity contribution in [3.8, 4) is 17.2 Å². The molecule has 0 aliphatic carbocycles. The highest BCUT2D eigenvalue weighted by Crippen LogP contribution is 2.43. The third-order valence-electron chi connectivity index (χ3n) is 4.35. The molecule has 1 N–H and O–H groups in total. The average Bonchev–Trinajstić information content (AvgIpc) is 2.63. The fourth-order valence-electron chi connectivity index (χ4n) is 3.17. The molecule has 0 saturated heterocycles. The number of hydrogen-bond donors (Lipinski definition) is 1. The van der Waals surface area contributed by atoms with Crippen molar-refractivity contribution in [1.29, 1.82) is 0 Å². The quantitative estimate of drug-likeness (QED) is 0.918. The van der Waals surface area contributed by atoms with Crippen LogP contribution >= 0.6 is 0 Å². The van der Waals surface area contributed by atoms with Gasteiger partial charge in [-0.25, -0.2) is 0 Å². The van der Waals surface area contributed by atoms with Gasteiger partial charge in [0.1, 0.15) is 19.4 Å². The van der Waals surface area contributed by atoms with Gasteiger partial charge in [-0.05, 0) is 24.3 Å². The molecule has 1 amide bonds. The minimum absolute atomic E-state index is 0.0949. The van der Waals surface area contributed by atoms with Crippen molar-refractivity contribution < 1.29 is 19.0 Å². The van der Waals surface area contributed by atoms with Gasteiger partial charge in [0.15, 0.2) is 11.5 Å². The third kappa shape index (κ3) is 2.22. The number of carbonyl (C=O) groups is 1. The second-order valence-electron chi connectivity index (χ2n) is 5.75. The second-order valence-corrected chi connectivity index (χ2v) is 5.75. The summed E-state index contributed by atoms with van der Waals surface area (Å²) in [7, 11) is 3.54. The van der Waals surface area contributed by atoms with Gasteiger partial charge >= 0.3 is 0 Å². The molecule has 0 saturated carbocycles. The number of ether oxygens (including phenoxy) is 3. The molecule has 124 valence electrons. The van der Waals surface area contributed by atoms with Gasteiger partial charge in [0.05, 0.1) is 18.4 Å². The van der Waals surface area contributed by atoms with Gasteiger partial charge in [-0.3, -0.25) is 4.79 Å². The summed E-state index contributed by atoms with van der Waals surface area (Å²) in [6, 6.07) is 11.3. The van der Waals surface area contributed by atoms with E-state index in [1.165, 1.54) is 0 Å². The van der Waals surface area contributed by atoms with E-state index in [0.717, 1.165) is 11.3 Å². The van der Waals surface area contributed by atoms with Crippen LogP contribution in [0.15, 0.2) is 36.4 Å². The van der Waals surface area contributed by atoms with E-state index in [1.54, 1.807) is 7.11 Å². The van der Waals surface area contributed by atoms with E-state index in [-0.39, 0.29) is 12.1 Å². The average molecular weight is 326 g/mol. The number of benzene rings is 2. The molecule has 0 unspecified atom stereocenters. The Kier molecular flexibility index (Phi) is 3.45. The van der Waals surface area contributed by atoms with Crippen molar-refractivity contribution >= 4 is 11.6 Å². The predicted octanol–water partition coefficient (Wildman–Crippen LogP) is 2.34. The summed E-state index contributed by atoms with van der Waals surface area (Å²) >= 11 is 0. The minimum atomic E-state index is -0.308. The SMILES string of the molecule is COc1cc([C@@H]2NC(=O)c3ccccc3N2C)cc2c1OCCO2. The number of amides is 1. The molecule has 2 aromatic carbocycles. The van der Waals surface area contributed by atoms with E-state index in [4.69, 9.17) is 14.2 Å². The summed E-state index contributed by atoms with van der Waals surface area (Å²) in [5.74, 6) is 1.75. The molecular weight excluding hydrogens is 308 g/mol. The number of para-hydroxylation sites is 1. The zero-order valence-corrected chi connectivity index (χ0v) is 13.5. The molecule has 0 radical (unpaired) electrons. The van der Waals surface area contributed by atoms with Crippen LogP contribution in [-0.2, 0) is 0 Å². The van der Waals surface area contributed by atoms with E-state index in [2.05, 4.69) is 5.32 Å². The Balaban J connectivity index is 1.78. The highest BCUT2D eigenvalue weighted by molar-refractivity contribution is 6.02. The van der Waals surface area contributed by atoms with Crippen LogP contribution in [0.2, 0.25) is 0 Å². The van der Waals surface area contributed by atoms with Crippen LogP contribution in [0.3, 0.4) is 0 Å². The number of carbonyl (C=O) groups excluding carboxylic acids is 1. The predicted molar refractivity (Wildman–Crippen MR) is 89.0 cm³/mol. The summed E-state index contributed by atoms with van der Waals surface area (Å²) < 4.78 is 16.8. The van der Waals surface area contributed by atoms with Crippen molar-refractivity contribution in [2.45, 2.75) is 6.17 Å². The van der Waals surface area contributed by atoms with Gasteiger partial charge in [-0.1, -0.05) is 12.1 Å². The molecule has 0 fully saturated rings. The molecule has 6 heteroatoms. The lowest BCUT2D eigenvalue weighted by molar-refractivity contribution is 0.0927. The van der Waals surface area contributed by atoms with Crippen molar-refractivity contribution in [2.24, 2.45) is 0 Å². The first-order chi connectivity index (χ1) is 11.7. The third-order valence-corrected chi connectivity index (χ3v) is 4.35. The van der Waals surface area contributed by atoms with Crippen molar-refractivity contribution in [2.75, 3.05) is 32.3 Å². The van der Waals surface area contributed by atoms with Gasteiger partial charge in [0.2, 0.25) is 5.75 Å². The van der Waals surface area contributed by atoms with Crippen LogP contribution in [0.1, 0.15) is 22.1 Å². The Morgan fingerprint density at radius 1 is 1.21 bits per heavy atom. The first-order valence-corrected chi connectivity index (χ1v) is 7.79. The van der Waals surface area contributed by atoms with Gasteiger partial charge in [0, 0.05) is 12.6 Å². The summed E-state index contributed by atoms with van der Waals surface area (Å²) in [5.41, 5.74) is 2.43. The van der Waals surface area contributed by atoms with Crippen LogP contribution in [0.25, 0.3) is 0 Å². The van der Waals surface area contributed by atoms with Crippen molar-refractivity contribution in [3.05, 3.63) is 47.5 Å². The minimum Gasteiger partial charge on any atom is -0.493 e. The van der Waals surface area contributed by atoms with Gasteiger partial charge in [-0.15, -0.1) is 0 Å². The lowest BCUT2D eigenvalue weighted by atomic mass is 10.0. The number of methoxy groups -OCH3 is 1. The van der Waals surface area contributed by atoms with Gasteiger partial charge in [0.25, 0.3) is 5.91 Å². The van der Waals surface area contributed by atoms with Crippen LogP contribution in [0.4, 0.5) is 5.69 Å². The maximum Gasteiger partial charge on any atom is 0.255 e. The zero-order valence-electron chi connectivity index (χ0n) is 13.5. The van der Waals surface area contributed by atoms with Crippen molar-refractivity contribution in [1.82, 2.24) is 5.32 Å². The van der Waals surface area contributed by atoms with Gasteiger partial charge in [-0.2, -0.15) is 0 Å². The van der Waals surface area contributed by atoms with E-state index in [9.17, 15) is 4.79 Å². The van der Waals surface area contributed by atoms with Crippen LogP contribution in [0.5, 0.6) is 17.2 Å². The molecule has 2 aromatic rings. The number of fused-ring (bicyclic) bond motifs is 2.